The number of hydrogen-bond donors (Lipinski definition) is 3. The van der Waals surface area contributed by atoms with Crippen LogP contribution in [0, 0.1) is 20.8 Å². The highest BCUT2D eigenvalue weighted by molar-refractivity contribution is 7.15. The smallest absolute Gasteiger partial charge is 0.246 e. The molecule has 2 fully saturated rings. The number of nitrogens with zero attached hydrogens (tertiary/aromatic N) is 6. The Bertz CT molecular complexity index is 2080. The van der Waals surface area contributed by atoms with Crippen LogP contribution in [0.4, 0.5) is 5.69 Å². The average molecular weight is 754 g/mol. The van der Waals surface area contributed by atoms with Crippen LogP contribution in [0.25, 0.3) is 5.00 Å². The lowest BCUT2D eigenvalue weighted by atomic mass is 9.99. The first kappa shape index (κ1) is 36.5. The van der Waals surface area contributed by atoms with Crippen LogP contribution in [0.1, 0.15) is 64.1 Å². The molecular weight excluding hydrogens is 710 g/mol. The van der Waals surface area contributed by atoms with Crippen LogP contribution in [-0.2, 0) is 20.8 Å². The normalized spacial score (nSPS) is 18.8. The van der Waals surface area contributed by atoms with Crippen LogP contribution in [0.2, 0.25) is 5.02 Å². The van der Waals surface area contributed by atoms with Gasteiger partial charge in [-0.25, -0.2) is 0 Å². The summed E-state index contributed by atoms with van der Waals surface area (Å²) in [5.74, 6) is 0.950. The van der Waals surface area contributed by atoms with Gasteiger partial charge < -0.3 is 20.9 Å². The van der Waals surface area contributed by atoms with Gasteiger partial charge in [-0.1, -0.05) is 42.4 Å². The highest BCUT2D eigenvalue weighted by atomic mass is 35.5. The average Bonchev–Trinajstić information content (AvgIpc) is 3.61. The summed E-state index contributed by atoms with van der Waals surface area (Å²) in [5.41, 5.74) is 6.61. The molecule has 4 aromatic rings. The van der Waals surface area contributed by atoms with Gasteiger partial charge in [-0.05, 0) is 69.0 Å². The molecule has 2 saturated heterocycles. The Labute approximate surface area is 318 Å². The van der Waals surface area contributed by atoms with Crippen molar-refractivity contribution in [3.8, 4) is 5.00 Å². The monoisotopic (exact) mass is 753 g/mol. The number of nitrogens with one attached hydrogen (secondary N) is 3. The lowest BCUT2D eigenvalue weighted by Gasteiger charge is -2.36. The Balaban J connectivity index is 0.933. The number of anilines is 1. The first-order valence-electron chi connectivity index (χ1n) is 18.0. The summed E-state index contributed by atoms with van der Waals surface area (Å²) in [5, 5.41) is 19.3. The van der Waals surface area contributed by atoms with Gasteiger partial charge in [0.25, 0.3) is 0 Å². The van der Waals surface area contributed by atoms with E-state index in [4.69, 9.17) is 16.6 Å². The minimum atomic E-state index is -0.526. The second-order valence-corrected chi connectivity index (χ2v) is 15.5. The third-order valence-corrected chi connectivity index (χ3v) is 11.6. The summed E-state index contributed by atoms with van der Waals surface area (Å²) >= 11 is 7.93. The van der Waals surface area contributed by atoms with E-state index in [2.05, 4.69) is 73.1 Å². The molecule has 1 unspecified atom stereocenters. The number of aliphatic imine (C=N–C) groups is 1. The fourth-order valence-corrected chi connectivity index (χ4v) is 8.51. The van der Waals surface area contributed by atoms with Crippen LogP contribution < -0.4 is 20.9 Å². The van der Waals surface area contributed by atoms with Gasteiger partial charge in [-0.3, -0.25) is 28.8 Å². The van der Waals surface area contributed by atoms with Crippen LogP contribution in [0.5, 0.6) is 0 Å². The summed E-state index contributed by atoms with van der Waals surface area (Å²) in [7, 11) is 0. The summed E-state index contributed by atoms with van der Waals surface area (Å²) < 4.78 is 2.06. The fourth-order valence-electron chi connectivity index (χ4n) is 7.17. The summed E-state index contributed by atoms with van der Waals surface area (Å²) in [4.78, 5) is 49.5. The highest BCUT2D eigenvalue weighted by Crippen LogP contribution is 2.39. The van der Waals surface area contributed by atoms with Crippen molar-refractivity contribution in [2.75, 3.05) is 44.2 Å². The maximum atomic E-state index is 13.5. The molecule has 12 nitrogen and oxygen atoms in total. The van der Waals surface area contributed by atoms with Crippen molar-refractivity contribution in [1.29, 1.82) is 0 Å². The van der Waals surface area contributed by atoms with Crippen molar-refractivity contribution in [2.24, 2.45) is 4.99 Å². The van der Waals surface area contributed by atoms with Crippen molar-refractivity contribution < 1.29 is 14.4 Å². The topological polar surface area (TPSA) is 137 Å². The number of thiophene rings is 1. The molecule has 14 heteroatoms. The number of halogens is 1. The van der Waals surface area contributed by atoms with Gasteiger partial charge in [0.15, 0.2) is 5.82 Å². The molecule has 3 aliphatic heterocycles. The number of piperidine rings is 1. The van der Waals surface area contributed by atoms with E-state index in [1.165, 1.54) is 4.88 Å². The van der Waals surface area contributed by atoms with Crippen molar-refractivity contribution >= 4 is 52.1 Å². The number of carbonyl (C=O) groups is 3. The number of hydrogen-bond acceptors (Lipinski definition) is 9. The second-order valence-electron chi connectivity index (χ2n) is 13.9. The maximum Gasteiger partial charge on any atom is 0.246 e. The zero-order valence-electron chi connectivity index (χ0n) is 30.2. The van der Waals surface area contributed by atoms with Gasteiger partial charge in [0.05, 0.1) is 18.6 Å². The van der Waals surface area contributed by atoms with E-state index in [1.54, 1.807) is 11.3 Å². The standard InChI is InChI=1S/C39H44ClN9O3S/c1-23-8-13-31(38(52)42-23)43-34(51)21-27-6-5-7-30(20-27)48-18-16-47(17-19-48)15-14-41-33(50)22-32-37-46-45-26(4)49(37)39-35(24(2)25(3)53-39)36(44-32)28-9-11-29(40)12-10-28/h5-7,9-12,20,31-32H,1,8,13-19,21-22H2,2-4H3,(H,41,50)(H,42,52)(H,43,51)/t31?,32-/m0/s1. The lowest BCUT2D eigenvalue weighted by Crippen LogP contribution is -2.49. The molecule has 3 aliphatic rings. The number of carbonyl (C=O) groups excluding carboxylic acids is 3. The highest BCUT2D eigenvalue weighted by Gasteiger charge is 2.32. The van der Waals surface area contributed by atoms with Crippen molar-refractivity contribution in [3.05, 3.63) is 105 Å². The van der Waals surface area contributed by atoms with Gasteiger partial charge >= 0.3 is 0 Å². The quantitative estimate of drug-likeness (QED) is 0.216. The fraction of sp³-hybridized carbons (Fsp3) is 0.385. The number of amides is 3. The Kier molecular flexibility index (Phi) is 10.8. The number of benzene rings is 2. The van der Waals surface area contributed by atoms with Crippen molar-refractivity contribution in [3.63, 3.8) is 0 Å². The molecule has 2 aromatic carbocycles. The van der Waals surface area contributed by atoms with Gasteiger partial charge in [0, 0.05) is 71.7 Å². The molecule has 0 spiro atoms. The van der Waals surface area contributed by atoms with E-state index in [-0.39, 0.29) is 30.6 Å². The maximum absolute atomic E-state index is 13.5. The molecule has 0 aliphatic carbocycles. The number of piperazine rings is 1. The molecule has 2 atom stereocenters. The van der Waals surface area contributed by atoms with Crippen LogP contribution in [-0.4, -0.2) is 88.4 Å². The van der Waals surface area contributed by atoms with Crippen molar-refractivity contribution in [1.82, 2.24) is 35.6 Å². The first-order valence-corrected chi connectivity index (χ1v) is 19.2. The van der Waals surface area contributed by atoms with Crippen molar-refractivity contribution in [2.45, 2.75) is 58.5 Å². The first-order chi connectivity index (χ1) is 25.5. The minimum absolute atomic E-state index is 0.0892. The molecular formula is C39H44ClN9O3S. The molecule has 0 bridgehead atoms. The third-order valence-electron chi connectivity index (χ3n) is 10.2. The largest absolute Gasteiger partial charge is 0.369 e. The second kappa shape index (κ2) is 15.6. The van der Waals surface area contributed by atoms with E-state index >= 15 is 0 Å². The Morgan fingerprint density at radius 1 is 1.04 bits per heavy atom. The SMILES string of the molecule is C=C1CCC(NC(=O)Cc2cccc(N3CCN(CCNC(=O)C[C@@H]4N=C(c5ccc(Cl)cc5)c5c(sc(C)c5C)-n5c(C)nnc54)CC3)c2)C(=O)N1. The van der Waals surface area contributed by atoms with Crippen LogP contribution in [0.15, 0.2) is 65.8 Å². The molecule has 5 heterocycles. The van der Waals surface area contributed by atoms with Crippen LogP contribution >= 0.6 is 22.9 Å². The molecule has 7 rings (SSSR count). The summed E-state index contributed by atoms with van der Waals surface area (Å²) in [6, 6.07) is 14.7. The molecule has 276 valence electrons. The minimum Gasteiger partial charge on any atom is -0.369 e. The van der Waals surface area contributed by atoms with E-state index in [1.807, 2.05) is 43.3 Å². The van der Waals surface area contributed by atoms with E-state index in [0.29, 0.717) is 35.9 Å². The molecule has 0 saturated carbocycles. The zero-order valence-corrected chi connectivity index (χ0v) is 31.8. The number of aromatic nitrogens is 3. The molecule has 3 N–H and O–H groups in total. The Morgan fingerprint density at radius 3 is 2.57 bits per heavy atom. The predicted molar refractivity (Wildman–Crippen MR) is 208 cm³/mol. The lowest BCUT2D eigenvalue weighted by molar-refractivity contribution is -0.129. The van der Waals surface area contributed by atoms with E-state index < -0.39 is 12.1 Å². The number of fused-ring (bicyclic) bond motifs is 3. The summed E-state index contributed by atoms with van der Waals surface area (Å²) in [6.07, 6.45) is 1.58. The third kappa shape index (κ3) is 8.07. The van der Waals surface area contributed by atoms with E-state index in [0.717, 1.165) is 77.2 Å². The van der Waals surface area contributed by atoms with Gasteiger partial charge in [-0.2, -0.15) is 0 Å². The predicted octanol–water partition coefficient (Wildman–Crippen LogP) is 4.58. The van der Waals surface area contributed by atoms with Gasteiger partial charge in [0.1, 0.15) is 22.9 Å². The number of rotatable bonds is 10. The van der Waals surface area contributed by atoms with Gasteiger partial charge in [0.2, 0.25) is 17.7 Å². The van der Waals surface area contributed by atoms with E-state index in [9.17, 15) is 14.4 Å². The molecule has 3 amide bonds. The number of aryl methyl sites for hydroxylation is 2. The Hall–Kier alpha value is -4.85. The molecule has 53 heavy (non-hydrogen) atoms. The van der Waals surface area contributed by atoms with Crippen LogP contribution in [0.3, 0.4) is 0 Å². The Morgan fingerprint density at radius 2 is 1.81 bits per heavy atom. The zero-order chi connectivity index (χ0) is 37.2. The molecule has 0 radical (unpaired) electrons. The molecule has 2 aromatic heterocycles. The number of allylic oxidation sites excluding steroid dienone is 1. The summed E-state index contributed by atoms with van der Waals surface area (Å²) in [6.45, 7) is 14.6. The van der Waals surface area contributed by atoms with Gasteiger partial charge in [-0.15, -0.1) is 21.5 Å².